The van der Waals surface area contributed by atoms with Gasteiger partial charge in [0.1, 0.15) is 10.6 Å². The number of carboxylic acids is 1. The summed E-state index contributed by atoms with van der Waals surface area (Å²) in [5.41, 5.74) is 0.910. The number of aryl methyl sites for hydroxylation is 1. The van der Waals surface area contributed by atoms with E-state index in [0.29, 0.717) is 26.2 Å². The van der Waals surface area contributed by atoms with Crippen molar-refractivity contribution in [3.05, 3.63) is 53.9 Å². The standard InChI is InChI=1S/C18H23N3O4S/c1-3-20-12-15(11-16(20)18(22)23)26(24,25)21-10-9-19(2)13-17(21)14-7-5-4-6-8-14/h4-8,11-12,17H,3,9-10,13H2,1-2H3,(H,22,23)/t17-/m1/s1. The van der Waals surface area contributed by atoms with E-state index >= 15 is 0 Å². The molecule has 1 atom stereocenters. The summed E-state index contributed by atoms with van der Waals surface area (Å²) < 4.78 is 29.5. The number of aromatic carboxylic acids is 1. The third kappa shape index (κ3) is 3.40. The number of benzene rings is 1. The fraction of sp³-hybridized carbons (Fsp3) is 0.389. The van der Waals surface area contributed by atoms with Crippen molar-refractivity contribution in [2.75, 3.05) is 26.7 Å². The maximum absolute atomic E-state index is 13.3. The minimum absolute atomic E-state index is 0.0172. The molecule has 1 aromatic carbocycles. The molecule has 0 spiro atoms. The van der Waals surface area contributed by atoms with Gasteiger partial charge >= 0.3 is 5.97 Å². The number of rotatable bonds is 5. The Kier molecular flexibility index (Phi) is 5.17. The van der Waals surface area contributed by atoms with Crippen LogP contribution in [-0.2, 0) is 16.6 Å². The molecule has 0 saturated carbocycles. The Morgan fingerprint density at radius 2 is 1.92 bits per heavy atom. The minimum atomic E-state index is -3.81. The van der Waals surface area contributed by atoms with Crippen LogP contribution < -0.4 is 0 Å². The predicted octanol–water partition coefficient (Wildman–Crippen LogP) is 1.88. The molecule has 140 valence electrons. The molecule has 1 aliphatic heterocycles. The fourth-order valence-corrected chi connectivity index (χ4v) is 4.98. The lowest BCUT2D eigenvalue weighted by Crippen LogP contribution is -2.49. The van der Waals surface area contributed by atoms with Crippen LogP contribution in [0.1, 0.15) is 29.0 Å². The first-order valence-corrected chi connectivity index (χ1v) is 9.97. The number of aromatic nitrogens is 1. The molecular weight excluding hydrogens is 354 g/mol. The van der Waals surface area contributed by atoms with Crippen molar-refractivity contribution >= 4 is 16.0 Å². The monoisotopic (exact) mass is 377 g/mol. The van der Waals surface area contributed by atoms with Crippen LogP contribution in [0.25, 0.3) is 0 Å². The number of nitrogens with zero attached hydrogens (tertiary/aromatic N) is 3. The van der Waals surface area contributed by atoms with Gasteiger partial charge in [0.15, 0.2) is 0 Å². The van der Waals surface area contributed by atoms with Gasteiger partial charge in [0.25, 0.3) is 0 Å². The van der Waals surface area contributed by atoms with Gasteiger partial charge in [-0.25, -0.2) is 13.2 Å². The second-order valence-corrected chi connectivity index (χ2v) is 8.35. The Morgan fingerprint density at radius 1 is 1.23 bits per heavy atom. The largest absolute Gasteiger partial charge is 0.477 e. The zero-order chi connectivity index (χ0) is 18.9. The number of hydrogen-bond acceptors (Lipinski definition) is 4. The highest BCUT2D eigenvalue weighted by Gasteiger charge is 2.37. The molecular formula is C18H23N3O4S. The van der Waals surface area contributed by atoms with Crippen molar-refractivity contribution in [2.24, 2.45) is 0 Å². The zero-order valence-corrected chi connectivity index (χ0v) is 15.7. The third-order valence-corrected chi connectivity index (χ3v) is 6.63. The van der Waals surface area contributed by atoms with Crippen molar-refractivity contribution in [3.63, 3.8) is 0 Å². The molecule has 1 fully saturated rings. The molecule has 2 aromatic rings. The summed E-state index contributed by atoms with van der Waals surface area (Å²) >= 11 is 0. The molecule has 2 heterocycles. The quantitative estimate of drug-likeness (QED) is 0.860. The second-order valence-electron chi connectivity index (χ2n) is 6.46. The minimum Gasteiger partial charge on any atom is -0.477 e. The summed E-state index contributed by atoms with van der Waals surface area (Å²) in [7, 11) is -1.84. The maximum atomic E-state index is 13.3. The summed E-state index contributed by atoms with van der Waals surface area (Å²) in [5, 5.41) is 9.31. The van der Waals surface area contributed by atoms with Gasteiger partial charge in [-0.3, -0.25) is 0 Å². The molecule has 0 aliphatic carbocycles. The van der Waals surface area contributed by atoms with Gasteiger partial charge in [-0.05, 0) is 25.6 Å². The van der Waals surface area contributed by atoms with Crippen LogP contribution in [0.4, 0.5) is 0 Å². The van der Waals surface area contributed by atoms with E-state index in [4.69, 9.17) is 0 Å². The Bertz CT molecular complexity index is 892. The van der Waals surface area contributed by atoms with Crippen molar-refractivity contribution < 1.29 is 18.3 Å². The van der Waals surface area contributed by atoms with Crippen LogP contribution in [0.3, 0.4) is 0 Å². The van der Waals surface area contributed by atoms with E-state index in [2.05, 4.69) is 4.90 Å². The van der Waals surface area contributed by atoms with Crippen LogP contribution >= 0.6 is 0 Å². The molecule has 0 amide bonds. The van der Waals surface area contributed by atoms with Crippen LogP contribution in [0, 0.1) is 0 Å². The highest BCUT2D eigenvalue weighted by atomic mass is 32.2. The summed E-state index contributed by atoms with van der Waals surface area (Å²) in [5.74, 6) is -1.13. The molecule has 1 aromatic heterocycles. The Labute approximate surface area is 153 Å². The first kappa shape index (κ1) is 18.6. The summed E-state index contributed by atoms with van der Waals surface area (Å²) in [6.07, 6.45) is 1.42. The number of carbonyl (C=O) groups is 1. The molecule has 26 heavy (non-hydrogen) atoms. The van der Waals surface area contributed by atoms with E-state index in [-0.39, 0.29) is 16.6 Å². The summed E-state index contributed by atoms with van der Waals surface area (Å²) in [6, 6.07) is 10.5. The van der Waals surface area contributed by atoms with Gasteiger partial charge in [0, 0.05) is 32.4 Å². The van der Waals surface area contributed by atoms with E-state index < -0.39 is 16.0 Å². The maximum Gasteiger partial charge on any atom is 0.352 e. The topological polar surface area (TPSA) is 82.9 Å². The number of sulfonamides is 1. The number of likely N-dealkylation sites (N-methyl/N-ethyl adjacent to an activating group) is 1. The van der Waals surface area contributed by atoms with Gasteiger partial charge in [-0.2, -0.15) is 4.31 Å². The molecule has 8 heteroatoms. The Balaban J connectivity index is 2.03. The first-order valence-electron chi connectivity index (χ1n) is 8.53. The lowest BCUT2D eigenvalue weighted by Gasteiger charge is -2.39. The zero-order valence-electron chi connectivity index (χ0n) is 14.9. The highest BCUT2D eigenvalue weighted by Crippen LogP contribution is 2.31. The average molecular weight is 377 g/mol. The third-order valence-electron chi connectivity index (χ3n) is 4.76. The number of hydrogen-bond donors (Lipinski definition) is 1. The van der Waals surface area contributed by atoms with Crippen molar-refractivity contribution in [3.8, 4) is 0 Å². The molecule has 0 radical (unpaired) electrons. The van der Waals surface area contributed by atoms with Crippen LogP contribution in [0.5, 0.6) is 0 Å². The smallest absolute Gasteiger partial charge is 0.352 e. The molecule has 1 aliphatic rings. The van der Waals surface area contributed by atoms with Crippen molar-refractivity contribution in [2.45, 2.75) is 24.4 Å². The molecule has 0 unspecified atom stereocenters. The van der Waals surface area contributed by atoms with Crippen molar-refractivity contribution in [1.82, 2.24) is 13.8 Å². The molecule has 0 bridgehead atoms. The van der Waals surface area contributed by atoms with Gasteiger partial charge < -0.3 is 14.6 Å². The molecule has 1 saturated heterocycles. The van der Waals surface area contributed by atoms with Crippen molar-refractivity contribution in [1.29, 1.82) is 0 Å². The van der Waals surface area contributed by atoms with E-state index in [9.17, 15) is 18.3 Å². The lowest BCUT2D eigenvalue weighted by atomic mass is 10.1. The summed E-state index contributed by atoms with van der Waals surface area (Å²) in [6.45, 7) is 3.75. The summed E-state index contributed by atoms with van der Waals surface area (Å²) in [4.78, 5) is 13.5. The fourth-order valence-electron chi connectivity index (χ4n) is 3.34. The van der Waals surface area contributed by atoms with Gasteiger partial charge in [0.2, 0.25) is 10.0 Å². The van der Waals surface area contributed by atoms with Crippen LogP contribution in [-0.4, -0.2) is 59.9 Å². The van der Waals surface area contributed by atoms with Gasteiger partial charge in [0.05, 0.1) is 6.04 Å². The number of piperazine rings is 1. The first-order chi connectivity index (χ1) is 12.3. The highest BCUT2D eigenvalue weighted by molar-refractivity contribution is 7.89. The van der Waals surface area contributed by atoms with E-state index in [1.54, 1.807) is 6.92 Å². The molecule has 1 N–H and O–H groups in total. The van der Waals surface area contributed by atoms with E-state index in [0.717, 1.165) is 5.56 Å². The number of carboxylic acid groups (broad SMARTS) is 1. The Hall–Kier alpha value is -2.16. The van der Waals surface area contributed by atoms with E-state index in [1.165, 1.54) is 21.1 Å². The molecule has 7 nitrogen and oxygen atoms in total. The molecule has 3 rings (SSSR count). The van der Waals surface area contributed by atoms with Crippen LogP contribution in [0.2, 0.25) is 0 Å². The van der Waals surface area contributed by atoms with Crippen LogP contribution in [0.15, 0.2) is 47.5 Å². The second kappa shape index (κ2) is 7.22. The normalized spacial score (nSPS) is 19.5. The average Bonchev–Trinajstić information content (AvgIpc) is 3.08. The van der Waals surface area contributed by atoms with Gasteiger partial charge in [-0.1, -0.05) is 30.3 Å². The predicted molar refractivity (Wildman–Crippen MR) is 97.6 cm³/mol. The van der Waals surface area contributed by atoms with Gasteiger partial charge in [-0.15, -0.1) is 0 Å². The lowest BCUT2D eigenvalue weighted by molar-refractivity contribution is 0.0685. The van der Waals surface area contributed by atoms with E-state index in [1.807, 2.05) is 37.4 Å². The Morgan fingerprint density at radius 3 is 2.50 bits per heavy atom. The SMILES string of the molecule is CCn1cc(S(=O)(=O)N2CCN(C)C[C@@H]2c2ccccc2)cc1C(=O)O.